The van der Waals surface area contributed by atoms with Gasteiger partial charge in [0.15, 0.2) is 0 Å². The van der Waals surface area contributed by atoms with Gasteiger partial charge in [-0.05, 0) is 6.42 Å². The molecule has 1 aliphatic rings. The van der Waals surface area contributed by atoms with Crippen molar-refractivity contribution in [1.29, 1.82) is 0 Å². The highest BCUT2D eigenvalue weighted by molar-refractivity contribution is 6.11. The summed E-state index contributed by atoms with van der Waals surface area (Å²) in [7, 11) is 5.63. The molecule has 1 fully saturated rings. The molecule has 0 amide bonds. The number of hydrogen-bond donors (Lipinski definition) is 0. The lowest BCUT2D eigenvalue weighted by molar-refractivity contribution is -0.150. The Morgan fingerprint density at radius 2 is 2.33 bits per heavy atom. The van der Waals surface area contributed by atoms with Gasteiger partial charge in [0.2, 0.25) is 0 Å². The first-order chi connectivity index (χ1) is 7.13. The van der Waals surface area contributed by atoms with Crippen molar-refractivity contribution in [2.75, 3.05) is 13.2 Å². The van der Waals surface area contributed by atoms with Crippen LogP contribution in [0.1, 0.15) is 26.7 Å². The number of rotatable bonds is 5. The van der Waals surface area contributed by atoms with Crippen molar-refractivity contribution in [1.82, 2.24) is 0 Å². The van der Waals surface area contributed by atoms with E-state index in [2.05, 4.69) is 0 Å². The van der Waals surface area contributed by atoms with Gasteiger partial charge in [-0.15, -0.1) is 0 Å². The quantitative estimate of drug-likeness (QED) is 0.381. The van der Waals surface area contributed by atoms with Crippen molar-refractivity contribution in [3.05, 3.63) is 0 Å². The molecule has 2 radical (unpaired) electrons. The van der Waals surface area contributed by atoms with Crippen LogP contribution in [0.4, 0.5) is 0 Å². The summed E-state index contributed by atoms with van der Waals surface area (Å²) in [5.41, 5.74) is 0. The third-order valence-electron chi connectivity index (χ3n) is 2.18. The molecule has 0 saturated carbocycles. The molecule has 1 rings (SSSR count). The number of ether oxygens (including phenoxy) is 3. The Labute approximate surface area is 91.7 Å². The predicted octanol–water partition coefficient (Wildman–Crippen LogP) is 0.628. The molecule has 0 aromatic heterocycles. The van der Waals surface area contributed by atoms with E-state index in [-0.39, 0.29) is 24.2 Å². The van der Waals surface area contributed by atoms with Gasteiger partial charge in [0.05, 0.1) is 6.61 Å². The minimum absolute atomic E-state index is 0.226. The van der Waals surface area contributed by atoms with Gasteiger partial charge in [0.1, 0.15) is 20.1 Å². The molecule has 1 aliphatic heterocycles. The molecule has 4 nitrogen and oxygen atoms in total. The topological polar surface area (TPSA) is 44.8 Å². The Morgan fingerprint density at radius 1 is 1.60 bits per heavy atom. The third kappa shape index (κ3) is 4.22. The minimum atomic E-state index is -0.357. The number of carbonyl (C=O) groups excluding carboxylic acids is 1. The maximum atomic E-state index is 10.8. The summed E-state index contributed by atoms with van der Waals surface area (Å²) in [6.07, 6.45) is 1.00. The zero-order valence-corrected chi connectivity index (χ0v) is 9.27. The molecule has 0 spiro atoms. The molecule has 3 unspecified atom stereocenters. The maximum absolute atomic E-state index is 10.8. The van der Waals surface area contributed by atoms with Crippen molar-refractivity contribution in [2.24, 2.45) is 0 Å². The smallest absolute Gasteiger partial charge is 0.302 e. The second-order valence-corrected chi connectivity index (χ2v) is 3.67. The van der Waals surface area contributed by atoms with Gasteiger partial charge < -0.3 is 14.2 Å². The summed E-state index contributed by atoms with van der Waals surface area (Å²) in [5, 5.41) is 0. The van der Waals surface area contributed by atoms with Crippen LogP contribution >= 0.6 is 0 Å². The highest BCUT2D eigenvalue weighted by Crippen LogP contribution is 2.22. The SMILES string of the molecule is [B]C1CC(OC(C)=O)C(COCCC)O1. The molecule has 1 heterocycles. The molecule has 1 saturated heterocycles. The Kier molecular flexibility index (Phi) is 5.12. The zero-order valence-electron chi connectivity index (χ0n) is 9.27. The van der Waals surface area contributed by atoms with Gasteiger partial charge in [0.25, 0.3) is 0 Å². The molecule has 0 aromatic rings. The lowest BCUT2D eigenvalue weighted by Gasteiger charge is -2.18. The highest BCUT2D eigenvalue weighted by atomic mass is 16.6. The summed E-state index contributed by atoms with van der Waals surface area (Å²) in [4.78, 5) is 10.8. The molecule has 0 bridgehead atoms. The van der Waals surface area contributed by atoms with E-state index in [0.717, 1.165) is 6.42 Å². The van der Waals surface area contributed by atoms with Gasteiger partial charge in [-0.2, -0.15) is 0 Å². The van der Waals surface area contributed by atoms with Gasteiger partial charge >= 0.3 is 5.97 Å². The fraction of sp³-hybridized carbons (Fsp3) is 0.900. The first kappa shape index (κ1) is 12.5. The van der Waals surface area contributed by atoms with Crippen LogP contribution in [0.3, 0.4) is 0 Å². The summed E-state index contributed by atoms with van der Waals surface area (Å²) >= 11 is 0. The lowest BCUT2D eigenvalue weighted by Crippen LogP contribution is -2.30. The maximum Gasteiger partial charge on any atom is 0.302 e. The summed E-state index contributed by atoms with van der Waals surface area (Å²) in [6.45, 7) is 4.53. The van der Waals surface area contributed by atoms with Crippen molar-refractivity contribution in [3.8, 4) is 0 Å². The van der Waals surface area contributed by atoms with E-state index in [4.69, 9.17) is 22.1 Å². The number of esters is 1. The highest BCUT2D eigenvalue weighted by Gasteiger charge is 2.34. The van der Waals surface area contributed by atoms with Crippen LogP contribution in [-0.2, 0) is 19.0 Å². The predicted molar refractivity (Wildman–Crippen MR) is 55.7 cm³/mol. The molecule has 0 aromatic carbocycles. The van der Waals surface area contributed by atoms with E-state index < -0.39 is 0 Å². The van der Waals surface area contributed by atoms with E-state index in [1.807, 2.05) is 6.92 Å². The molecule has 0 N–H and O–H groups in total. The molecule has 84 valence electrons. The monoisotopic (exact) mass is 212 g/mol. The largest absolute Gasteiger partial charge is 0.460 e. The molecule has 3 atom stereocenters. The van der Waals surface area contributed by atoms with Gasteiger partial charge in [-0.1, -0.05) is 6.92 Å². The minimum Gasteiger partial charge on any atom is -0.460 e. The zero-order chi connectivity index (χ0) is 11.3. The van der Waals surface area contributed by atoms with Crippen molar-refractivity contribution < 1.29 is 19.0 Å². The van der Waals surface area contributed by atoms with Crippen molar-refractivity contribution >= 4 is 13.8 Å². The Morgan fingerprint density at radius 3 is 2.93 bits per heavy atom. The molecule has 15 heavy (non-hydrogen) atoms. The van der Waals surface area contributed by atoms with Crippen LogP contribution in [0.25, 0.3) is 0 Å². The van der Waals surface area contributed by atoms with E-state index in [1.165, 1.54) is 6.92 Å². The van der Waals surface area contributed by atoms with Crippen molar-refractivity contribution in [3.63, 3.8) is 0 Å². The normalized spacial score (nSPS) is 30.4. The molecular weight excluding hydrogens is 195 g/mol. The lowest BCUT2D eigenvalue weighted by atomic mass is 9.96. The molecule has 0 aliphatic carbocycles. The number of hydrogen-bond acceptors (Lipinski definition) is 4. The number of carbonyl (C=O) groups is 1. The van der Waals surface area contributed by atoms with Crippen LogP contribution in [0.15, 0.2) is 0 Å². The van der Waals surface area contributed by atoms with E-state index in [1.54, 1.807) is 0 Å². The van der Waals surface area contributed by atoms with Crippen LogP contribution in [0.2, 0.25) is 0 Å². The fourth-order valence-corrected chi connectivity index (χ4v) is 1.58. The van der Waals surface area contributed by atoms with E-state index >= 15 is 0 Å². The molecule has 5 heteroatoms. The molecular formula is C10H17BO4. The standard InChI is InChI=1S/C10H17BO4/c1-3-4-13-6-9-8(14-7(2)12)5-10(11)15-9/h8-10H,3-6H2,1-2H3. The first-order valence-electron chi connectivity index (χ1n) is 5.29. The van der Waals surface area contributed by atoms with Gasteiger partial charge in [-0.3, -0.25) is 4.79 Å². The third-order valence-corrected chi connectivity index (χ3v) is 2.18. The Bertz CT molecular complexity index is 210. The van der Waals surface area contributed by atoms with E-state index in [9.17, 15) is 4.79 Å². The van der Waals surface area contributed by atoms with Crippen molar-refractivity contribution in [2.45, 2.75) is 44.9 Å². The van der Waals surface area contributed by atoms with Gasteiger partial charge in [0, 0.05) is 26.0 Å². The fourth-order valence-electron chi connectivity index (χ4n) is 1.58. The Balaban J connectivity index is 2.35. The van der Waals surface area contributed by atoms with E-state index in [0.29, 0.717) is 19.6 Å². The van der Waals surface area contributed by atoms with Crippen LogP contribution < -0.4 is 0 Å². The van der Waals surface area contributed by atoms with Gasteiger partial charge in [-0.25, -0.2) is 0 Å². The summed E-state index contributed by atoms with van der Waals surface area (Å²) in [5.74, 6) is -0.307. The van der Waals surface area contributed by atoms with Crippen LogP contribution in [-0.4, -0.2) is 45.2 Å². The average molecular weight is 212 g/mol. The summed E-state index contributed by atoms with van der Waals surface area (Å²) < 4.78 is 15.9. The Hall–Kier alpha value is -0.545. The van der Waals surface area contributed by atoms with Crippen LogP contribution in [0.5, 0.6) is 0 Å². The second-order valence-electron chi connectivity index (χ2n) is 3.67. The summed E-state index contributed by atoms with van der Waals surface area (Å²) in [6, 6.07) is -0.357. The van der Waals surface area contributed by atoms with Crippen LogP contribution in [0, 0.1) is 0 Å². The average Bonchev–Trinajstić information content (AvgIpc) is 2.46. The first-order valence-corrected chi connectivity index (χ1v) is 5.29. The second kappa shape index (κ2) is 6.13.